The normalized spacial score (nSPS) is 20.6. The van der Waals surface area contributed by atoms with Gasteiger partial charge in [0.25, 0.3) is 0 Å². The van der Waals surface area contributed by atoms with Gasteiger partial charge < -0.3 is 9.53 Å². The van der Waals surface area contributed by atoms with E-state index in [2.05, 4.69) is 27.7 Å². The number of carbonyl (C=O) groups excluding carboxylic acids is 2. The number of benzene rings is 2. The monoisotopic (exact) mass is 550 g/mol. The van der Waals surface area contributed by atoms with Crippen LogP contribution in [0.4, 0.5) is 4.39 Å². The zero-order chi connectivity index (χ0) is 29.4. The van der Waals surface area contributed by atoms with E-state index >= 15 is 4.39 Å². The SMILES string of the molecule is CC.CCC(C)(C)C[C@H](C)C(=O)C[C@@H]1CC[C@@H](Oc2ccc([C@H](C)C=O)cc2-c2cccc(F)c2C2CCC2)C1. The Hall–Kier alpha value is -2.49. The maximum absolute atomic E-state index is 15.1. The number of rotatable bonds is 12. The van der Waals surface area contributed by atoms with Crippen molar-refractivity contribution in [2.75, 3.05) is 0 Å². The van der Waals surface area contributed by atoms with Crippen LogP contribution in [-0.4, -0.2) is 18.2 Å². The highest BCUT2D eigenvalue weighted by molar-refractivity contribution is 5.81. The third kappa shape index (κ3) is 7.83. The molecular formula is C36H51FO3. The first-order valence-electron chi connectivity index (χ1n) is 15.7. The van der Waals surface area contributed by atoms with Crippen LogP contribution in [0.3, 0.4) is 0 Å². The van der Waals surface area contributed by atoms with E-state index in [9.17, 15) is 9.59 Å². The lowest BCUT2D eigenvalue weighted by molar-refractivity contribution is -0.124. The van der Waals surface area contributed by atoms with Gasteiger partial charge in [0.05, 0.1) is 6.10 Å². The van der Waals surface area contributed by atoms with E-state index in [0.29, 0.717) is 18.1 Å². The molecule has 0 bridgehead atoms. The molecule has 0 unspecified atom stereocenters. The molecule has 4 rings (SSSR count). The summed E-state index contributed by atoms with van der Waals surface area (Å²) >= 11 is 0. The van der Waals surface area contributed by atoms with Gasteiger partial charge in [-0.05, 0) is 90.7 Å². The lowest BCUT2D eigenvalue weighted by atomic mass is 9.76. The van der Waals surface area contributed by atoms with Crippen molar-refractivity contribution in [3.05, 3.63) is 53.3 Å². The first-order chi connectivity index (χ1) is 19.1. The lowest BCUT2D eigenvalue weighted by Gasteiger charge is -2.29. The molecule has 220 valence electrons. The first kappa shape index (κ1) is 32.0. The Morgan fingerprint density at radius 1 is 1.07 bits per heavy atom. The largest absolute Gasteiger partial charge is 0.490 e. The van der Waals surface area contributed by atoms with Gasteiger partial charge in [-0.1, -0.05) is 79.5 Å². The van der Waals surface area contributed by atoms with Gasteiger partial charge >= 0.3 is 0 Å². The summed E-state index contributed by atoms with van der Waals surface area (Å²) in [5, 5.41) is 0. The van der Waals surface area contributed by atoms with Gasteiger partial charge in [-0.25, -0.2) is 4.39 Å². The summed E-state index contributed by atoms with van der Waals surface area (Å²) in [5.74, 6) is 1.37. The van der Waals surface area contributed by atoms with Crippen LogP contribution >= 0.6 is 0 Å². The minimum absolute atomic E-state index is 0.0315. The zero-order valence-electron chi connectivity index (χ0n) is 25.9. The summed E-state index contributed by atoms with van der Waals surface area (Å²) in [4.78, 5) is 24.5. The predicted octanol–water partition coefficient (Wildman–Crippen LogP) is 10.1. The molecule has 2 aliphatic carbocycles. The third-order valence-electron chi connectivity index (χ3n) is 9.23. The molecule has 2 aliphatic rings. The van der Waals surface area contributed by atoms with E-state index in [0.717, 1.165) is 85.7 Å². The molecule has 3 nitrogen and oxygen atoms in total. The fraction of sp³-hybridized carbons (Fsp3) is 0.611. The average molecular weight is 551 g/mol. The minimum atomic E-state index is -0.245. The summed E-state index contributed by atoms with van der Waals surface area (Å²) in [6.45, 7) is 14.6. The van der Waals surface area contributed by atoms with Crippen LogP contribution in [-0.2, 0) is 9.59 Å². The van der Waals surface area contributed by atoms with Crippen LogP contribution in [0.5, 0.6) is 5.75 Å². The van der Waals surface area contributed by atoms with Gasteiger partial charge in [0.15, 0.2) is 0 Å². The summed E-state index contributed by atoms with van der Waals surface area (Å²) in [6, 6.07) is 11.2. The van der Waals surface area contributed by atoms with Crippen molar-refractivity contribution in [1.29, 1.82) is 0 Å². The van der Waals surface area contributed by atoms with E-state index < -0.39 is 0 Å². The molecule has 0 amide bonds. The van der Waals surface area contributed by atoms with Crippen LogP contribution < -0.4 is 4.74 Å². The second kappa shape index (κ2) is 14.4. The highest BCUT2D eigenvalue weighted by atomic mass is 19.1. The molecule has 0 aromatic heterocycles. The third-order valence-corrected chi connectivity index (χ3v) is 9.23. The van der Waals surface area contributed by atoms with Crippen LogP contribution in [0.25, 0.3) is 11.1 Å². The molecule has 0 heterocycles. The predicted molar refractivity (Wildman–Crippen MR) is 163 cm³/mol. The van der Waals surface area contributed by atoms with E-state index in [-0.39, 0.29) is 35.1 Å². The molecule has 4 heteroatoms. The van der Waals surface area contributed by atoms with Gasteiger partial charge in [-0.3, -0.25) is 4.79 Å². The fourth-order valence-electron chi connectivity index (χ4n) is 6.18. The molecule has 2 saturated carbocycles. The van der Waals surface area contributed by atoms with Crippen LogP contribution in [0.2, 0.25) is 0 Å². The molecule has 0 N–H and O–H groups in total. The molecule has 40 heavy (non-hydrogen) atoms. The lowest BCUT2D eigenvalue weighted by Crippen LogP contribution is -2.22. The Morgan fingerprint density at radius 3 is 2.42 bits per heavy atom. The highest BCUT2D eigenvalue weighted by Crippen LogP contribution is 2.46. The van der Waals surface area contributed by atoms with Crippen molar-refractivity contribution in [3.8, 4) is 16.9 Å². The molecule has 0 spiro atoms. The number of carbonyl (C=O) groups is 2. The maximum atomic E-state index is 15.1. The van der Waals surface area contributed by atoms with Crippen LogP contribution in [0.1, 0.15) is 129 Å². The molecular weight excluding hydrogens is 499 g/mol. The van der Waals surface area contributed by atoms with E-state index in [1.807, 2.05) is 45.0 Å². The van der Waals surface area contributed by atoms with Crippen molar-refractivity contribution in [2.24, 2.45) is 17.3 Å². The standard InChI is InChI=1S/C34H45FO3.C2H6/c1-6-34(4,5)20-22(2)31(37)18-24-13-15-27(17-24)38-32-16-14-26(23(3)21-36)19-29(32)28-11-8-12-30(35)33(28)25-9-7-10-25;1-2/h8,11-12,14,16,19,21-25,27H,6-7,9-10,13,15,17-18,20H2,1-5H3;1-2H3/t22-,23+,24+,27+;/m0./s1. The van der Waals surface area contributed by atoms with Gasteiger partial charge in [0, 0.05) is 23.8 Å². The van der Waals surface area contributed by atoms with E-state index in [4.69, 9.17) is 4.74 Å². The Morgan fingerprint density at radius 2 is 1.80 bits per heavy atom. The molecule has 2 fully saturated rings. The summed E-state index contributed by atoms with van der Waals surface area (Å²) in [5.41, 5.74) is 3.62. The van der Waals surface area contributed by atoms with Crippen molar-refractivity contribution in [2.45, 2.75) is 124 Å². The van der Waals surface area contributed by atoms with Gasteiger partial charge in [-0.2, -0.15) is 0 Å². The number of ketones is 1. The first-order valence-corrected chi connectivity index (χ1v) is 15.7. The Labute approximate surface area is 242 Å². The summed E-state index contributed by atoms with van der Waals surface area (Å²) in [6.07, 6.45) is 9.50. The zero-order valence-corrected chi connectivity index (χ0v) is 25.9. The van der Waals surface area contributed by atoms with Crippen LogP contribution in [0.15, 0.2) is 36.4 Å². The molecule has 2 aromatic rings. The van der Waals surface area contributed by atoms with Gasteiger partial charge in [0.1, 0.15) is 23.6 Å². The van der Waals surface area contributed by atoms with Crippen molar-refractivity contribution in [3.63, 3.8) is 0 Å². The topological polar surface area (TPSA) is 43.4 Å². The molecule has 0 saturated heterocycles. The van der Waals surface area contributed by atoms with E-state index in [1.54, 1.807) is 12.1 Å². The van der Waals surface area contributed by atoms with Crippen molar-refractivity contribution in [1.82, 2.24) is 0 Å². The number of hydrogen-bond donors (Lipinski definition) is 0. The summed E-state index contributed by atoms with van der Waals surface area (Å²) in [7, 11) is 0. The fourth-order valence-corrected chi connectivity index (χ4v) is 6.18. The molecule has 0 aliphatic heterocycles. The number of halogens is 1. The maximum Gasteiger partial charge on any atom is 0.135 e. The Kier molecular flexibility index (Phi) is 11.5. The summed E-state index contributed by atoms with van der Waals surface area (Å²) < 4.78 is 21.7. The number of ether oxygens (including phenoxy) is 1. The van der Waals surface area contributed by atoms with Crippen molar-refractivity contribution >= 4 is 12.1 Å². The van der Waals surface area contributed by atoms with Gasteiger partial charge in [0.2, 0.25) is 0 Å². The number of Topliss-reactive ketones (excluding diaryl/α,β-unsaturated/α-hetero) is 1. The minimum Gasteiger partial charge on any atom is -0.490 e. The molecule has 4 atom stereocenters. The Bertz CT molecular complexity index is 1130. The number of hydrogen-bond acceptors (Lipinski definition) is 3. The average Bonchev–Trinajstić information content (AvgIpc) is 3.36. The molecule has 2 aromatic carbocycles. The molecule has 0 radical (unpaired) electrons. The van der Waals surface area contributed by atoms with Crippen LogP contribution in [0, 0.1) is 23.1 Å². The Balaban J connectivity index is 0.00000216. The second-order valence-corrected chi connectivity index (χ2v) is 12.7. The van der Waals surface area contributed by atoms with Crippen molar-refractivity contribution < 1.29 is 18.7 Å². The smallest absolute Gasteiger partial charge is 0.135 e. The quantitative estimate of drug-likeness (QED) is 0.247. The second-order valence-electron chi connectivity index (χ2n) is 12.7. The highest BCUT2D eigenvalue weighted by Gasteiger charge is 2.32. The van der Waals surface area contributed by atoms with Gasteiger partial charge in [-0.15, -0.1) is 0 Å². The van der Waals surface area contributed by atoms with E-state index in [1.165, 1.54) is 0 Å². The number of aldehydes is 1.